The predicted molar refractivity (Wildman–Crippen MR) is 400 cm³/mol. The molecular formula is C79H144O17P2. The molecule has 5 atom stereocenters. The zero-order valence-electron chi connectivity index (χ0n) is 62.5. The molecule has 0 aromatic heterocycles. The van der Waals surface area contributed by atoms with Crippen LogP contribution in [0.2, 0.25) is 0 Å². The Kier molecular flexibility index (Phi) is 69.7. The molecule has 19 heteroatoms. The van der Waals surface area contributed by atoms with Gasteiger partial charge >= 0.3 is 39.5 Å². The van der Waals surface area contributed by atoms with Gasteiger partial charge in [0, 0.05) is 25.7 Å². The Morgan fingerprint density at radius 1 is 0.286 bits per heavy atom. The van der Waals surface area contributed by atoms with Crippen LogP contribution in [0.1, 0.15) is 362 Å². The molecule has 0 fully saturated rings. The second kappa shape index (κ2) is 72.1. The second-order valence-electron chi connectivity index (χ2n) is 26.7. The van der Waals surface area contributed by atoms with E-state index in [0.29, 0.717) is 25.7 Å². The van der Waals surface area contributed by atoms with Gasteiger partial charge in [-0.1, -0.05) is 288 Å². The van der Waals surface area contributed by atoms with Crippen molar-refractivity contribution in [2.24, 2.45) is 0 Å². The third kappa shape index (κ3) is 71.2. The first-order chi connectivity index (χ1) is 47.7. The van der Waals surface area contributed by atoms with E-state index in [1.807, 2.05) is 0 Å². The number of hydrogen-bond acceptors (Lipinski definition) is 15. The molecule has 5 unspecified atom stereocenters. The van der Waals surface area contributed by atoms with E-state index in [1.54, 1.807) is 0 Å². The van der Waals surface area contributed by atoms with Crippen molar-refractivity contribution in [1.82, 2.24) is 0 Å². The Labute approximate surface area is 597 Å². The molecule has 0 saturated carbocycles. The number of phosphoric ester groups is 2. The van der Waals surface area contributed by atoms with Crippen LogP contribution in [0.4, 0.5) is 0 Å². The molecule has 0 amide bonds. The lowest BCUT2D eigenvalue weighted by Gasteiger charge is -2.21. The average molecular weight is 1430 g/mol. The number of carbonyl (C=O) groups is 4. The molecule has 0 radical (unpaired) electrons. The van der Waals surface area contributed by atoms with E-state index in [-0.39, 0.29) is 25.7 Å². The Hall–Kier alpha value is -3.24. The van der Waals surface area contributed by atoms with Gasteiger partial charge in [0.15, 0.2) is 12.2 Å². The van der Waals surface area contributed by atoms with Gasteiger partial charge in [-0.25, -0.2) is 9.13 Å². The predicted octanol–water partition coefficient (Wildman–Crippen LogP) is 22.7. The summed E-state index contributed by atoms with van der Waals surface area (Å²) < 4.78 is 68.5. The maximum absolute atomic E-state index is 13.1. The van der Waals surface area contributed by atoms with E-state index in [4.69, 9.17) is 37.0 Å². The lowest BCUT2D eigenvalue weighted by molar-refractivity contribution is -0.161. The number of ether oxygens (including phenoxy) is 4. The van der Waals surface area contributed by atoms with Crippen molar-refractivity contribution < 1.29 is 80.2 Å². The maximum Gasteiger partial charge on any atom is 0.472 e. The molecule has 0 aliphatic rings. The maximum atomic E-state index is 13.1. The topological polar surface area (TPSA) is 237 Å². The fourth-order valence-electron chi connectivity index (χ4n) is 10.9. The van der Waals surface area contributed by atoms with Gasteiger partial charge in [-0.3, -0.25) is 37.3 Å². The average Bonchev–Trinajstić information content (AvgIpc) is 0.974. The molecule has 98 heavy (non-hydrogen) atoms. The van der Waals surface area contributed by atoms with Crippen LogP contribution in [0.15, 0.2) is 60.8 Å². The number of carbonyl (C=O) groups excluding carboxylic acids is 4. The minimum absolute atomic E-state index is 0.0846. The Morgan fingerprint density at radius 3 is 0.837 bits per heavy atom. The van der Waals surface area contributed by atoms with Gasteiger partial charge < -0.3 is 33.8 Å². The SMILES string of the molecule is CCCC/C=C\CCCCCCCC(=O)OC(COC(=O)CCCCCCCC/C=C\C/C=C\C/C=C\CCCCC)COP(=O)(O)OCC(O)COP(=O)(O)OCC(COC(=O)CCCCCCCCCCCCCCCCC)OC(=O)CCCCCCC/C=C\CCCCCC. The smallest absolute Gasteiger partial charge is 0.462 e. The van der Waals surface area contributed by atoms with Crippen molar-refractivity contribution in [2.75, 3.05) is 39.6 Å². The van der Waals surface area contributed by atoms with Gasteiger partial charge in [-0.2, -0.15) is 0 Å². The lowest BCUT2D eigenvalue weighted by atomic mass is 10.0. The molecule has 572 valence electrons. The first-order valence-electron chi connectivity index (χ1n) is 39.5. The number of aliphatic hydroxyl groups is 1. The van der Waals surface area contributed by atoms with Crippen molar-refractivity contribution in [3.63, 3.8) is 0 Å². The highest BCUT2D eigenvalue weighted by molar-refractivity contribution is 7.47. The van der Waals surface area contributed by atoms with Gasteiger partial charge in [0.1, 0.15) is 19.3 Å². The highest BCUT2D eigenvalue weighted by atomic mass is 31.2. The van der Waals surface area contributed by atoms with Crippen LogP contribution in [0.25, 0.3) is 0 Å². The van der Waals surface area contributed by atoms with Crippen molar-refractivity contribution in [2.45, 2.75) is 380 Å². The summed E-state index contributed by atoms with van der Waals surface area (Å²) in [6, 6.07) is 0. The van der Waals surface area contributed by atoms with Crippen molar-refractivity contribution in [3.8, 4) is 0 Å². The van der Waals surface area contributed by atoms with Crippen LogP contribution in [-0.2, 0) is 65.4 Å². The standard InChI is InChI=1S/C79H144O17P2/c1-5-9-13-17-21-25-29-32-34-35-36-37-39-42-45-48-52-56-60-64-77(82)89-69-74(95-78(83)65-61-57-53-49-43-28-24-20-16-12-8-4)71-93-97(85,86)91-67-73(80)68-92-98(87,88)94-72-75(96-79(84)66-62-58-54-50-46-40-31-27-23-19-15-11-7-3)70-90-76(81)63-59-55-51-47-44-41-38-33-30-26-22-18-14-10-6-2/h20-21,24-25,27,31-32,34,36-37,73-75,80H,5-19,22-23,26,28-30,33,35,38-72H2,1-4H3,(H,85,86)(H,87,88)/b24-20-,25-21-,31-27-,34-32-,37-36-. The van der Waals surface area contributed by atoms with Crippen LogP contribution in [-0.4, -0.2) is 96.7 Å². The van der Waals surface area contributed by atoms with E-state index in [0.717, 1.165) is 154 Å². The van der Waals surface area contributed by atoms with E-state index >= 15 is 0 Å². The fraction of sp³-hybridized carbons (Fsp3) is 0.823. The normalized spacial score (nSPS) is 14.2. The number of esters is 4. The number of aliphatic hydroxyl groups excluding tert-OH is 1. The fourth-order valence-corrected chi connectivity index (χ4v) is 12.4. The van der Waals surface area contributed by atoms with Crippen LogP contribution < -0.4 is 0 Å². The van der Waals surface area contributed by atoms with Gasteiger partial charge in [0.05, 0.1) is 26.4 Å². The van der Waals surface area contributed by atoms with Crippen LogP contribution in [0, 0.1) is 0 Å². The lowest BCUT2D eigenvalue weighted by Crippen LogP contribution is -2.30. The Balaban J connectivity index is 5.28. The molecule has 3 N–H and O–H groups in total. The van der Waals surface area contributed by atoms with Gasteiger partial charge in [-0.15, -0.1) is 0 Å². The molecule has 0 heterocycles. The molecule has 0 saturated heterocycles. The summed E-state index contributed by atoms with van der Waals surface area (Å²) in [6.07, 6.45) is 70.6. The highest BCUT2D eigenvalue weighted by Gasteiger charge is 2.30. The molecule has 0 aromatic rings. The van der Waals surface area contributed by atoms with Crippen LogP contribution >= 0.6 is 15.6 Å². The molecular weight excluding hydrogens is 1280 g/mol. The molecule has 0 spiro atoms. The minimum Gasteiger partial charge on any atom is -0.462 e. The third-order valence-corrected chi connectivity index (χ3v) is 18.9. The summed E-state index contributed by atoms with van der Waals surface area (Å²) in [6.45, 7) is 4.82. The summed E-state index contributed by atoms with van der Waals surface area (Å²) in [5.41, 5.74) is 0. The Morgan fingerprint density at radius 2 is 0.510 bits per heavy atom. The quantitative estimate of drug-likeness (QED) is 0.0169. The molecule has 0 aliphatic heterocycles. The van der Waals surface area contributed by atoms with Crippen LogP contribution in [0.3, 0.4) is 0 Å². The van der Waals surface area contributed by atoms with Crippen LogP contribution in [0.5, 0.6) is 0 Å². The summed E-state index contributed by atoms with van der Waals surface area (Å²) in [7, 11) is -9.94. The number of hydrogen-bond donors (Lipinski definition) is 3. The van der Waals surface area contributed by atoms with Crippen molar-refractivity contribution in [3.05, 3.63) is 60.8 Å². The van der Waals surface area contributed by atoms with E-state index in [2.05, 4.69) is 88.5 Å². The van der Waals surface area contributed by atoms with E-state index < -0.39 is 97.5 Å². The molecule has 0 aromatic carbocycles. The summed E-state index contributed by atoms with van der Waals surface area (Å²) in [4.78, 5) is 72.8. The van der Waals surface area contributed by atoms with Crippen molar-refractivity contribution >= 4 is 39.5 Å². The number of allylic oxidation sites excluding steroid dienone is 10. The third-order valence-electron chi connectivity index (χ3n) is 17.0. The largest absolute Gasteiger partial charge is 0.472 e. The molecule has 0 rings (SSSR count). The number of phosphoric acid groups is 2. The molecule has 0 aliphatic carbocycles. The van der Waals surface area contributed by atoms with E-state index in [9.17, 15) is 43.2 Å². The monoisotopic (exact) mass is 1430 g/mol. The minimum atomic E-state index is -4.97. The van der Waals surface area contributed by atoms with Gasteiger partial charge in [0.2, 0.25) is 0 Å². The first kappa shape index (κ1) is 94.8. The van der Waals surface area contributed by atoms with Crippen molar-refractivity contribution in [1.29, 1.82) is 0 Å². The summed E-state index contributed by atoms with van der Waals surface area (Å²) in [5, 5.41) is 10.6. The number of unbranched alkanes of at least 4 members (excludes halogenated alkanes) is 39. The van der Waals surface area contributed by atoms with E-state index in [1.165, 1.54) is 128 Å². The summed E-state index contributed by atoms with van der Waals surface area (Å²) in [5.74, 6) is -2.18. The van der Waals surface area contributed by atoms with Gasteiger partial charge in [-0.05, 0) is 109 Å². The first-order valence-corrected chi connectivity index (χ1v) is 42.5. The molecule has 17 nitrogen and oxygen atoms in total. The second-order valence-corrected chi connectivity index (χ2v) is 29.6. The van der Waals surface area contributed by atoms with Gasteiger partial charge in [0.25, 0.3) is 0 Å². The molecule has 0 bridgehead atoms. The summed E-state index contributed by atoms with van der Waals surface area (Å²) >= 11 is 0. The Bertz CT molecular complexity index is 2100. The number of rotatable bonds is 75. The zero-order valence-corrected chi connectivity index (χ0v) is 64.3. The highest BCUT2D eigenvalue weighted by Crippen LogP contribution is 2.45. The zero-order chi connectivity index (χ0) is 71.8.